The van der Waals surface area contributed by atoms with Crippen molar-refractivity contribution in [2.75, 3.05) is 7.11 Å². The Morgan fingerprint density at radius 3 is 2.50 bits per heavy atom. The average Bonchev–Trinajstić information content (AvgIpc) is 3.47. The monoisotopic (exact) mass is 538 g/mol. The third-order valence-corrected chi connectivity index (χ3v) is 6.13. The smallest absolute Gasteiger partial charge is 0.287 e. The number of rotatable bonds is 8. The second-order valence-electron chi connectivity index (χ2n) is 8.76. The van der Waals surface area contributed by atoms with E-state index in [9.17, 15) is 13.6 Å². The van der Waals surface area contributed by atoms with Crippen LogP contribution in [0.1, 0.15) is 21.8 Å². The lowest BCUT2D eigenvalue weighted by atomic mass is 10.0. The molecule has 0 radical (unpaired) electrons. The van der Waals surface area contributed by atoms with Crippen LogP contribution in [0.25, 0.3) is 22.5 Å². The SMILES string of the molecule is COc1cc(N=C(N)c2ccccn2)ccc1-c1ccc(C(=O)NCc2ccc(-c3ccc(F)cc3)cc2F)o1. The Kier molecular flexibility index (Phi) is 7.63. The van der Waals surface area contributed by atoms with Crippen LogP contribution < -0.4 is 15.8 Å². The van der Waals surface area contributed by atoms with Crippen molar-refractivity contribution in [2.24, 2.45) is 10.7 Å². The van der Waals surface area contributed by atoms with E-state index in [2.05, 4.69) is 15.3 Å². The normalized spacial score (nSPS) is 11.3. The van der Waals surface area contributed by atoms with E-state index in [-0.39, 0.29) is 24.0 Å². The lowest BCUT2D eigenvalue weighted by molar-refractivity contribution is 0.0923. The quantitative estimate of drug-likeness (QED) is 0.179. The number of pyridine rings is 1. The molecule has 3 N–H and O–H groups in total. The first-order chi connectivity index (χ1) is 19.4. The molecule has 2 aromatic heterocycles. The van der Waals surface area contributed by atoms with Crippen molar-refractivity contribution >= 4 is 17.4 Å². The number of methoxy groups -OCH3 is 1. The van der Waals surface area contributed by atoms with Gasteiger partial charge in [-0.05, 0) is 65.7 Å². The minimum atomic E-state index is -0.503. The molecule has 7 nitrogen and oxygen atoms in total. The number of carbonyl (C=O) groups is 1. The van der Waals surface area contributed by atoms with Crippen LogP contribution in [-0.4, -0.2) is 23.8 Å². The number of halogens is 2. The number of aromatic nitrogens is 1. The number of furan rings is 1. The van der Waals surface area contributed by atoms with Gasteiger partial charge in [-0.2, -0.15) is 0 Å². The van der Waals surface area contributed by atoms with E-state index in [4.69, 9.17) is 14.9 Å². The molecule has 0 atom stereocenters. The molecule has 200 valence electrons. The summed E-state index contributed by atoms with van der Waals surface area (Å²) < 4.78 is 39.2. The molecule has 0 aliphatic heterocycles. The van der Waals surface area contributed by atoms with Crippen LogP contribution >= 0.6 is 0 Å². The van der Waals surface area contributed by atoms with E-state index in [1.54, 1.807) is 66.9 Å². The van der Waals surface area contributed by atoms with Gasteiger partial charge >= 0.3 is 0 Å². The molecule has 5 rings (SSSR count). The predicted octanol–water partition coefficient (Wildman–Crippen LogP) is 6.26. The number of amides is 1. The Hall–Kier alpha value is -5.31. The van der Waals surface area contributed by atoms with Gasteiger partial charge in [0.25, 0.3) is 5.91 Å². The number of hydrogen-bond donors (Lipinski definition) is 2. The summed E-state index contributed by atoms with van der Waals surface area (Å²) in [5.41, 5.74) is 9.38. The summed E-state index contributed by atoms with van der Waals surface area (Å²) in [4.78, 5) is 21.3. The minimum Gasteiger partial charge on any atom is -0.496 e. The first-order valence-corrected chi connectivity index (χ1v) is 12.3. The molecule has 0 spiro atoms. The fraction of sp³-hybridized carbons (Fsp3) is 0.0645. The van der Waals surface area contributed by atoms with Crippen molar-refractivity contribution < 1.29 is 22.7 Å². The number of benzene rings is 3. The van der Waals surface area contributed by atoms with E-state index >= 15 is 0 Å². The van der Waals surface area contributed by atoms with Gasteiger partial charge in [-0.3, -0.25) is 9.78 Å². The Bertz CT molecular complexity index is 1680. The maximum Gasteiger partial charge on any atom is 0.287 e. The third-order valence-electron chi connectivity index (χ3n) is 6.13. The highest BCUT2D eigenvalue weighted by molar-refractivity contribution is 5.97. The van der Waals surface area contributed by atoms with Gasteiger partial charge in [-0.25, -0.2) is 13.8 Å². The molecule has 9 heteroatoms. The van der Waals surface area contributed by atoms with E-state index in [1.165, 1.54) is 31.4 Å². The number of ether oxygens (including phenoxy) is 1. The number of hydrogen-bond acceptors (Lipinski definition) is 5. The zero-order chi connectivity index (χ0) is 28.1. The first kappa shape index (κ1) is 26.3. The molecule has 3 aromatic carbocycles. The lowest BCUT2D eigenvalue weighted by Crippen LogP contribution is -2.22. The summed E-state index contributed by atoms with van der Waals surface area (Å²) in [6, 6.07) is 24.2. The standard InChI is InChI=1S/C31H24F2N4O3/c1-39-29-17-23(37-30(34)26-4-2-3-15-35-26)11-12-24(29)27-13-14-28(40-27)31(38)36-18-21-6-5-20(16-25(21)33)19-7-9-22(32)10-8-19/h2-17H,18H2,1H3,(H2,34,37)(H,36,38). The molecule has 0 bridgehead atoms. The van der Waals surface area contributed by atoms with E-state index < -0.39 is 11.7 Å². The van der Waals surface area contributed by atoms with Gasteiger partial charge in [0.15, 0.2) is 5.76 Å². The molecule has 0 aliphatic rings. The Balaban J connectivity index is 1.27. The highest BCUT2D eigenvalue weighted by Gasteiger charge is 2.16. The molecule has 40 heavy (non-hydrogen) atoms. The molecular formula is C31H24F2N4O3. The number of aliphatic imine (C=N–C) groups is 1. The molecule has 2 heterocycles. The van der Waals surface area contributed by atoms with Crippen LogP contribution in [0.3, 0.4) is 0 Å². The Labute approximate surface area is 229 Å². The fourth-order valence-corrected chi connectivity index (χ4v) is 4.04. The van der Waals surface area contributed by atoms with Gasteiger partial charge < -0.3 is 20.2 Å². The van der Waals surface area contributed by atoms with E-state index in [0.29, 0.717) is 45.1 Å². The van der Waals surface area contributed by atoms with Gasteiger partial charge in [0.1, 0.15) is 34.7 Å². The number of carbonyl (C=O) groups excluding carboxylic acids is 1. The molecule has 1 amide bonds. The summed E-state index contributed by atoms with van der Waals surface area (Å²) in [5, 5.41) is 2.67. The zero-order valence-corrected chi connectivity index (χ0v) is 21.4. The highest BCUT2D eigenvalue weighted by atomic mass is 19.1. The topological polar surface area (TPSA) is 103 Å². The van der Waals surface area contributed by atoms with Gasteiger partial charge in [0.05, 0.1) is 18.4 Å². The molecule has 0 fully saturated rings. The van der Waals surface area contributed by atoms with Crippen LogP contribution in [0, 0.1) is 11.6 Å². The Morgan fingerprint density at radius 1 is 0.975 bits per heavy atom. The van der Waals surface area contributed by atoms with Crippen LogP contribution in [0.15, 0.2) is 107 Å². The molecule has 0 saturated carbocycles. The van der Waals surface area contributed by atoms with Crippen molar-refractivity contribution in [3.05, 3.63) is 126 Å². The number of amidine groups is 1. The van der Waals surface area contributed by atoms with E-state index in [1.807, 2.05) is 6.07 Å². The van der Waals surface area contributed by atoms with Crippen LogP contribution in [0.5, 0.6) is 5.75 Å². The van der Waals surface area contributed by atoms with Crippen molar-refractivity contribution in [3.63, 3.8) is 0 Å². The van der Waals surface area contributed by atoms with E-state index in [0.717, 1.165) is 0 Å². The van der Waals surface area contributed by atoms with Crippen molar-refractivity contribution in [2.45, 2.75) is 6.54 Å². The van der Waals surface area contributed by atoms with Gasteiger partial charge in [0.2, 0.25) is 0 Å². The van der Waals surface area contributed by atoms with Crippen molar-refractivity contribution in [1.82, 2.24) is 10.3 Å². The van der Waals surface area contributed by atoms with Crippen molar-refractivity contribution in [3.8, 4) is 28.2 Å². The molecule has 0 unspecified atom stereocenters. The zero-order valence-electron chi connectivity index (χ0n) is 21.4. The number of nitrogens with two attached hydrogens (primary N) is 1. The maximum absolute atomic E-state index is 14.7. The summed E-state index contributed by atoms with van der Waals surface area (Å²) >= 11 is 0. The van der Waals surface area contributed by atoms with Gasteiger partial charge in [0, 0.05) is 24.4 Å². The minimum absolute atomic E-state index is 0.0435. The Morgan fingerprint density at radius 2 is 1.77 bits per heavy atom. The molecule has 0 saturated heterocycles. The summed E-state index contributed by atoms with van der Waals surface area (Å²) in [6.07, 6.45) is 1.63. The van der Waals surface area contributed by atoms with Crippen LogP contribution in [0.2, 0.25) is 0 Å². The predicted molar refractivity (Wildman–Crippen MR) is 148 cm³/mol. The van der Waals surface area contributed by atoms with Crippen LogP contribution in [-0.2, 0) is 6.54 Å². The largest absolute Gasteiger partial charge is 0.496 e. The first-order valence-electron chi connectivity index (χ1n) is 12.3. The van der Waals surface area contributed by atoms with Crippen molar-refractivity contribution in [1.29, 1.82) is 0 Å². The average molecular weight is 539 g/mol. The van der Waals surface area contributed by atoms with Gasteiger partial charge in [-0.1, -0.05) is 30.3 Å². The number of nitrogens with zero attached hydrogens (tertiary/aromatic N) is 2. The molecule has 5 aromatic rings. The molecule has 0 aliphatic carbocycles. The van der Waals surface area contributed by atoms with Gasteiger partial charge in [-0.15, -0.1) is 0 Å². The highest BCUT2D eigenvalue weighted by Crippen LogP contribution is 2.34. The third kappa shape index (κ3) is 5.88. The summed E-state index contributed by atoms with van der Waals surface area (Å²) in [7, 11) is 1.51. The number of nitrogens with one attached hydrogen (secondary N) is 1. The summed E-state index contributed by atoms with van der Waals surface area (Å²) in [6.45, 7) is -0.0435. The maximum atomic E-state index is 14.7. The summed E-state index contributed by atoms with van der Waals surface area (Å²) in [5.74, 6) is -0.161. The fourth-order valence-electron chi connectivity index (χ4n) is 4.04. The second-order valence-corrected chi connectivity index (χ2v) is 8.76. The lowest BCUT2D eigenvalue weighted by Gasteiger charge is -2.09. The molecular weight excluding hydrogens is 514 g/mol. The van der Waals surface area contributed by atoms with Crippen LogP contribution in [0.4, 0.5) is 14.5 Å². The second kappa shape index (κ2) is 11.6.